The maximum atomic E-state index is 13.4. The molecule has 1 amide bonds. The summed E-state index contributed by atoms with van der Waals surface area (Å²) in [7, 11) is 2.07. The quantitative estimate of drug-likeness (QED) is 0.531. The molecule has 2 fully saturated rings. The number of benzene rings is 1. The van der Waals surface area contributed by atoms with Crippen LogP contribution in [-0.4, -0.2) is 43.2 Å². The first-order valence-electron chi connectivity index (χ1n) is 9.68. The first-order valence-corrected chi connectivity index (χ1v) is 10.5. The lowest BCUT2D eigenvalue weighted by Crippen LogP contribution is -2.55. The van der Waals surface area contributed by atoms with Crippen molar-refractivity contribution >= 4 is 23.5 Å². The molecule has 2 aliphatic rings. The van der Waals surface area contributed by atoms with E-state index < -0.39 is 11.6 Å². The molecule has 158 valence electrons. The summed E-state index contributed by atoms with van der Waals surface area (Å²) in [5, 5.41) is 2.60. The lowest BCUT2D eigenvalue weighted by Gasteiger charge is -2.39. The second kappa shape index (κ2) is 9.28. The molecule has 2 N–H and O–H groups in total. The van der Waals surface area contributed by atoms with Crippen LogP contribution in [0.1, 0.15) is 33.1 Å². The predicted octanol–water partition coefficient (Wildman–Crippen LogP) is 4.20. The molecule has 0 aromatic heterocycles. The summed E-state index contributed by atoms with van der Waals surface area (Å²) in [5.41, 5.74) is 2.15. The lowest BCUT2D eigenvalue weighted by molar-refractivity contribution is -0.111. The summed E-state index contributed by atoms with van der Waals surface area (Å²) < 4.78 is 35.2. The van der Waals surface area contributed by atoms with Crippen LogP contribution in [0.15, 0.2) is 40.5 Å². The molecule has 0 atom stereocenters. The van der Waals surface area contributed by atoms with E-state index in [0.717, 1.165) is 48.4 Å². The molecular weight excluding hydrogens is 396 g/mol. The summed E-state index contributed by atoms with van der Waals surface area (Å²) >= 11 is 1.53. The summed E-state index contributed by atoms with van der Waals surface area (Å²) in [4.78, 5) is 15.7. The number of halogens is 2. The molecule has 5 nitrogen and oxygen atoms in total. The van der Waals surface area contributed by atoms with E-state index in [4.69, 9.17) is 4.74 Å². The first-order chi connectivity index (χ1) is 13.8. The Morgan fingerprint density at radius 3 is 2.66 bits per heavy atom. The number of anilines is 1. The molecule has 0 radical (unpaired) electrons. The van der Waals surface area contributed by atoms with Crippen LogP contribution in [0.4, 0.5) is 14.5 Å². The first kappa shape index (κ1) is 21.8. The molecule has 2 heterocycles. The summed E-state index contributed by atoms with van der Waals surface area (Å²) in [6, 6.07) is 3.30. The Bertz CT molecular complexity index is 837. The van der Waals surface area contributed by atoms with Gasteiger partial charge in [-0.05, 0) is 62.8 Å². The van der Waals surface area contributed by atoms with Crippen molar-refractivity contribution in [1.29, 1.82) is 0 Å². The molecule has 0 aliphatic carbocycles. The number of likely N-dealkylation sites (tertiary alicyclic amines) is 1. The molecule has 3 rings (SSSR count). The number of nitrogens with zero attached hydrogens (tertiary/aromatic N) is 1. The minimum Gasteiger partial charge on any atom is -0.377 e. The Morgan fingerprint density at radius 2 is 2.03 bits per heavy atom. The van der Waals surface area contributed by atoms with Gasteiger partial charge >= 0.3 is 0 Å². The number of amides is 1. The predicted molar refractivity (Wildman–Crippen MR) is 112 cm³/mol. The van der Waals surface area contributed by atoms with Crippen LogP contribution in [0, 0.1) is 11.6 Å². The van der Waals surface area contributed by atoms with Gasteiger partial charge in [-0.15, -0.1) is 0 Å². The van der Waals surface area contributed by atoms with Crippen LogP contribution in [0.3, 0.4) is 0 Å². The Hall–Kier alpha value is -1.90. The van der Waals surface area contributed by atoms with Gasteiger partial charge in [-0.2, -0.15) is 0 Å². The average Bonchev–Trinajstić information content (AvgIpc) is 2.64. The van der Waals surface area contributed by atoms with Gasteiger partial charge in [0, 0.05) is 42.0 Å². The van der Waals surface area contributed by atoms with Gasteiger partial charge in [-0.25, -0.2) is 13.5 Å². The lowest BCUT2D eigenvalue weighted by atomic mass is 10.0. The Kier molecular flexibility index (Phi) is 6.97. The van der Waals surface area contributed by atoms with E-state index in [1.54, 1.807) is 0 Å². The maximum absolute atomic E-state index is 13.4. The number of ether oxygens (including phenoxy) is 1. The zero-order valence-electron chi connectivity index (χ0n) is 17.0. The van der Waals surface area contributed by atoms with Crippen LogP contribution in [0.5, 0.6) is 0 Å². The van der Waals surface area contributed by atoms with E-state index in [2.05, 4.69) is 28.9 Å². The van der Waals surface area contributed by atoms with Gasteiger partial charge in [0.15, 0.2) is 11.6 Å². The highest BCUT2D eigenvalue weighted by atomic mass is 32.2. The molecule has 0 unspecified atom stereocenters. The smallest absolute Gasteiger partial charge is 0.248 e. The van der Waals surface area contributed by atoms with E-state index in [-0.39, 0.29) is 17.1 Å². The van der Waals surface area contributed by atoms with Gasteiger partial charge in [-0.3, -0.25) is 4.79 Å². The number of nitrogens with one attached hydrogen (secondary N) is 2. The van der Waals surface area contributed by atoms with Crippen LogP contribution in [0.2, 0.25) is 0 Å². The fraction of sp³-hybridized carbons (Fsp3) is 0.476. The number of allylic oxidation sites excluding steroid dienone is 2. The summed E-state index contributed by atoms with van der Waals surface area (Å²) in [5.74, 6) is -2.33. The van der Waals surface area contributed by atoms with Gasteiger partial charge in [0.2, 0.25) is 5.91 Å². The van der Waals surface area contributed by atoms with Crippen molar-refractivity contribution in [1.82, 2.24) is 9.62 Å². The fourth-order valence-electron chi connectivity index (χ4n) is 3.28. The number of rotatable bonds is 6. The second-order valence-electron chi connectivity index (χ2n) is 7.86. The van der Waals surface area contributed by atoms with Crippen LogP contribution >= 0.6 is 11.9 Å². The van der Waals surface area contributed by atoms with Gasteiger partial charge in [0.05, 0.1) is 18.8 Å². The van der Waals surface area contributed by atoms with Crippen molar-refractivity contribution < 1.29 is 18.3 Å². The topological polar surface area (TPSA) is 53.6 Å². The minimum atomic E-state index is -0.995. The van der Waals surface area contributed by atoms with Crippen LogP contribution in [-0.2, 0) is 9.53 Å². The van der Waals surface area contributed by atoms with E-state index in [1.165, 1.54) is 29.8 Å². The highest BCUT2D eigenvalue weighted by Gasteiger charge is 2.34. The SMILES string of the molecule is CC(=C\C(=O)Nc1ccc(F)c(F)c1)/C(SNC1(C)COC1)=C1/CCCCN1C. The third-order valence-corrected chi connectivity index (χ3v) is 6.37. The van der Waals surface area contributed by atoms with E-state index in [9.17, 15) is 13.6 Å². The average molecular weight is 424 g/mol. The van der Waals surface area contributed by atoms with E-state index in [0.29, 0.717) is 13.2 Å². The molecule has 0 bridgehead atoms. The zero-order valence-corrected chi connectivity index (χ0v) is 17.8. The molecule has 1 aromatic rings. The number of hydrogen-bond donors (Lipinski definition) is 2. The maximum Gasteiger partial charge on any atom is 0.248 e. The fourth-order valence-corrected chi connectivity index (χ4v) is 4.34. The Labute approximate surface area is 174 Å². The normalized spacial score (nSPS) is 20.9. The standard InChI is InChI=1S/C21H27F2N3O2S/c1-14(10-19(27)24-15-7-8-16(22)17(23)11-15)20(18-6-4-5-9-26(18)3)29-25-21(2)12-28-13-21/h7-8,10-11,25H,4-6,9,12-13H2,1-3H3,(H,24,27)/b14-10+,20-18+. The van der Waals surface area contributed by atoms with Gasteiger partial charge in [0.25, 0.3) is 0 Å². The van der Waals surface area contributed by atoms with Crippen molar-refractivity contribution in [2.45, 2.75) is 38.6 Å². The van der Waals surface area contributed by atoms with Crippen molar-refractivity contribution in [2.24, 2.45) is 0 Å². The monoisotopic (exact) mass is 423 g/mol. The number of hydrogen-bond acceptors (Lipinski definition) is 5. The summed E-state index contributed by atoms with van der Waals surface area (Å²) in [6.45, 7) is 6.28. The third kappa shape index (κ3) is 5.58. The van der Waals surface area contributed by atoms with Crippen LogP contribution < -0.4 is 10.0 Å². The van der Waals surface area contributed by atoms with E-state index >= 15 is 0 Å². The number of carbonyl (C=O) groups excluding carboxylic acids is 1. The molecule has 8 heteroatoms. The largest absolute Gasteiger partial charge is 0.377 e. The van der Waals surface area contributed by atoms with Gasteiger partial charge in [-0.1, -0.05) is 0 Å². The molecule has 0 spiro atoms. The van der Waals surface area contributed by atoms with Gasteiger partial charge < -0.3 is 15.0 Å². The third-order valence-electron chi connectivity index (χ3n) is 5.01. The highest BCUT2D eigenvalue weighted by Crippen LogP contribution is 2.34. The Balaban J connectivity index is 1.78. The molecule has 2 aliphatic heterocycles. The number of carbonyl (C=O) groups is 1. The summed E-state index contributed by atoms with van der Waals surface area (Å²) in [6.07, 6.45) is 4.71. The van der Waals surface area contributed by atoms with Crippen molar-refractivity contribution in [2.75, 3.05) is 32.1 Å². The Morgan fingerprint density at radius 1 is 1.28 bits per heavy atom. The van der Waals surface area contributed by atoms with E-state index in [1.807, 2.05) is 6.92 Å². The van der Waals surface area contributed by atoms with Crippen molar-refractivity contribution in [3.8, 4) is 0 Å². The minimum absolute atomic E-state index is 0.0854. The zero-order chi connectivity index (χ0) is 21.0. The molecule has 29 heavy (non-hydrogen) atoms. The second-order valence-corrected chi connectivity index (χ2v) is 8.67. The molecular formula is C21H27F2N3O2S. The number of piperidine rings is 1. The molecule has 0 saturated carbocycles. The van der Waals surface area contributed by atoms with Crippen molar-refractivity contribution in [3.05, 3.63) is 52.1 Å². The highest BCUT2D eigenvalue weighted by molar-refractivity contribution is 8.01. The van der Waals surface area contributed by atoms with Crippen LogP contribution in [0.25, 0.3) is 0 Å². The van der Waals surface area contributed by atoms with Crippen molar-refractivity contribution in [3.63, 3.8) is 0 Å². The molecule has 2 saturated heterocycles. The molecule has 1 aromatic carbocycles. The van der Waals surface area contributed by atoms with Gasteiger partial charge in [0.1, 0.15) is 0 Å².